The van der Waals surface area contributed by atoms with E-state index in [9.17, 15) is 14.4 Å². The molecule has 3 fully saturated rings. The Morgan fingerprint density at radius 3 is 2.25 bits per heavy atom. The molecule has 0 unspecified atom stereocenters. The summed E-state index contributed by atoms with van der Waals surface area (Å²) < 4.78 is 5.84. The maximum absolute atomic E-state index is 13.6. The highest BCUT2D eigenvalue weighted by molar-refractivity contribution is 6.35. The summed E-state index contributed by atoms with van der Waals surface area (Å²) in [5.74, 6) is 0.856. The van der Waals surface area contributed by atoms with E-state index in [2.05, 4.69) is 0 Å². The SMILES string of the molecule is CC(=O)c1ccc([C@@H]2C[C@H]3C[C@H]2[C@@H]2C(=O)N(c4ccc(Oc5ccc(Cl)cc5Cl)cc4)C(=O)[C@H]32)cc1. The Morgan fingerprint density at radius 1 is 0.889 bits per heavy atom. The van der Waals surface area contributed by atoms with Crippen LogP contribution < -0.4 is 9.64 Å². The van der Waals surface area contributed by atoms with Crippen molar-refractivity contribution in [3.63, 3.8) is 0 Å². The molecule has 2 saturated carbocycles. The number of halogens is 2. The van der Waals surface area contributed by atoms with Crippen LogP contribution in [0.25, 0.3) is 0 Å². The molecule has 0 spiro atoms. The van der Waals surface area contributed by atoms with Gasteiger partial charge in [-0.3, -0.25) is 19.3 Å². The van der Waals surface area contributed by atoms with Gasteiger partial charge in [0.15, 0.2) is 5.78 Å². The molecule has 1 saturated heterocycles. The Kier molecular flexibility index (Phi) is 5.66. The van der Waals surface area contributed by atoms with E-state index >= 15 is 0 Å². The average molecular weight is 520 g/mol. The van der Waals surface area contributed by atoms with Crippen LogP contribution in [0.15, 0.2) is 66.7 Å². The number of amides is 2. The van der Waals surface area contributed by atoms with Crippen molar-refractivity contribution in [2.24, 2.45) is 23.7 Å². The van der Waals surface area contributed by atoms with E-state index in [0.29, 0.717) is 32.8 Å². The lowest BCUT2D eigenvalue weighted by Crippen LogP contribution is -2.32. The predicted molar refractivity (Wildman–Crippen MR) is 138 cm³/mol. The summed E-state index contributed by atoms with van der Waals surface area (Å²) >= 11 is 12.1. The molecule has 0 aromatic heterocycles. The quantitative estimate of drug-likeness (QED) is 0.271. The molecule has 7 heteroatoms. The number of Topliss-reactive ketones (excluding diaryl/α,β-unsaturated/α-hetero) is 1. The van der Waals surface area contributed by atoms with Crippen molar-refractivity contribution >= 4 is 46.5 Å². The van der Waals surface area contributed by atoms with Crippen molar-refractivity contribution in [2.75, 3.05) is 4.90 Å². The van der Waals surface area contributed by atoms with E-state index in [-0.39, 0.29) is 47.2 Å². The van der Waals surface area contributed by atoms with Crippen LogP contribution in [0.4, 0.5) is 5.69 Å². The van der Waals surface area contributed by atoms with Crippen molar-refractivity contribution in [2.45, 2.75) is 25.7 Å². The second-order valence-corrected chi connectivity index (χ2v) is 10.8. The normalized spacial score (nSPS) is 26.4. The Bertz CT molecular complexity index is 1390. The fraction of sp³-hybridized carbons (Fsp3) is 0.276. The van der Waals surface area contributed by atoms with Crippen molar-refractivity contribution in [3.8, 4) is 11.5 Å². The number of carbonyl (C=O) groups is 3. The summed E-state index contributed by atoms with van der Waals surface area (Å²) in [5, 5.41) is 0.911. The molecular weight excluding hydrogens is 497 g/mol. The van der Waals surface area contributed by atoms with Gasteiger partial charge in [-0.1, -0.05) is 47.5 Å². The molecule has 6 rings (SSSR count). The number of hydrogen-bond donors (Lipinski definition) is 0. The third kappa shape index (κ3) is 3.73. The summed E-state index contributed by atoms with van der Waals surface area (Å²) in [6.07, 6.45) is 1.79. The van der Waals surface area contributed by atoms with Gasteiger partial charge >= 0.3 is 0 Å². The number of hydrogen-bond acceptors (Lipinski definition) is 4. The maximum Gasteiger partial charge on any atom is 0.237 e. The Morgan fingerprint density at radius 2 is 1.58 bits per heavy atom. The topological polar surface area (TPSA) is 63.7 Å². The standard InChI is InChI=1S/C29H23Cl2NO4/c1-15(33)16-2-4-17(5-3-16)22-12-18-13-23(22)27-26(18)28(34)32(29(27)35)20-7-9-21(10-8-20)36-25-11-6-19(30)14-24(25)31/h2-11,14,18,22-23,26-27H,12-13H2,1H3/t18-,22-,23+,26+,27-/m0/s1. The largest absolute Gasteiger partial charge is 0.456 e. The molecule has 36 heavy (non-hydrogen) atoms. The van der Waals surface area contributed by atoms with Crippen LogP contribution in [0.5, 0.6) is 11.5 Å². The average Bonchev–Trinajstić information content (AvgIpc) is 3.53. The van der Waals surface area contributed by atoms with Crippen LogP contribution in [0.2, 0.25) is 10.0 Å². The van der Waals surface area contributed by atoms with Crippen molar-refractivity contribution in [1.82, 2.24) is 0 Å². The fourth-order valence-electron chi connectivity index (χ4n) is 6.41. The Balaban J connectivity index is 1.21. The second-order valence-electron chi connectivity index (χ2n) is 9.91. The third-order valence-electron chi connectivity index (χ3n) is 7.98. The molecule has 1 aliphatic heterocycles. The lowest BCUT2D eigenvalue weighted by molar-refractivity contribution is -0.123. The summed E-state index contributed by atoms with van der Waals surface area (Å²) in [5.41, 5.74) is 2.38. The zero-order valence-corrected chi connectivity index (χ0v) is 21.0. The first-order valence-corrected chi connectivity index (χ1v) is 12.8. The van der Waals surface area contributed by atoms with E-state index < -0.39 is 0 Å². The fourth-order valence-corrected chi connectivity index (χ4v) is 6.86. The number of ketones is 1. The zero-order chi connectivity index (χ0) is 25.1. The van der Waals surface area contributed by atoms with Crippen LogP contribution in [0, 0.1) is 23.7 Å². The van der Waals surface area contributed by atoms with E-state index in [1.807, 2.05) is 24.3 Å². The smallest absolute Gasteiger partial charge is 0.237 e. The molecule has 5 atom stereocenters. The van der Waals surface area contributed by atoms with Gasteiger partial charge in [0, 0.05) is 10.6 Å². The third-order valence-corrected chi connectivity index (χ3v) is 8.51. The number of nitrogens with zero attached hydrogens (tertiary/aromatic N) is 1. The number of benzene rings is 3. The van der Waals surface area contributed by atoms with Crippen LogP contribution in [0.1, 0.15) is 41.6 Å². The monoisotopic (exact) mass is 519 g/mol. The molecule has 5 nitrogen and oxygen atoms in total. The molecule has 1 heterocycles. The lowest BCUT2D eigenvalue weighted by atomic mass is 9.72. The number of anilines is 1. The Hall–Kier alpha value is -3.15. The molecule has 2 amide bonds. The van der Waals surface area contributed by atoms with Gasteiger partial charge in [0.25, 0.3) is 0 Å². The summed E-state index contributed by atoms with van der Waals surface area (Å²) in [7, 11) is 0. The van der Waals surface area contributed by atoms with Gasteiger partial charge in [-0.2, -0.15) is 0 Å². The zero-order valence-electron chi connectivity index (χ0n) is 19.5. The highest BCUT2D eigenvalue weighted by atomic mass is 35.5. The minimum absolute atomic E-state index is 0.0365. The molecule has 2 aliphatic carbocycles. The molecule has 0 N–H and O–H groups in total. The molecule has 2 bridgehead atoms. The van der Waals surface area contributed by atoms with Gasteiger partial charge in [-0.15, -0.1) is 0 Å². The van der Waals surface area contributed by atoms with Crippen molar-refractivity contribution in [3.05, 3.63) is 87.9 Å². The van der Waals surface area contributed by atoms with E-state index in [1.165, 1.54) is 4.90 Å². The van der Waals surface area contributed by atoms with Crippen molar-refractivity contribution < 1.29 is 19.1 Å². The number of imide groups is 1. The molecule has 3 aromatic rings. The van der Waals surface area contributed by atoms with Crippen LogP contribution in [-0.2, 0) is 9.59 Å². The molecule has 182 valence electrons. The predicted octanol–water partition coefficient (Wildman–Crippen LogP) is 6.92. The van der Waals surface area contributed by atoms with Gasteiger partial charge in [-0.05, 0) is 85.5 Å². The first-order chi connectivity index (χ1) is 17.3. The number of ether oxygens (including phenoxy) is 1. The number of carbonyl (C=O) groups excluding carboxylic acids is 3. The lowest BCUT2D eigenvalue weighted by Gasteiger charge is -2.29. The Labute approximate surface area is 219 Å². The number of fused-ring (bicyclic) bond motifs is 5. The molecular formula is C29H23Cl2NO4. The van der Waals surface area contributed by atoms with Gasteiger partial charge in [-0.25, -0.2) is 0 Å². The molecule has 0 radical (unpaired) electrons. The second kappa shape index (κ2) is 8.75. The first-order valence-electron chi connectivity index (χ1n) is 12.0. The van der Waals surface area contributed by atoms with E-state index in [4.69, 9.17) is 27.9 Å². The van der Waals surface area contributed by atoms with Crippen LogP contribution in [-0.4, -0.2) is 17.6 Å². The minimum Gasteiger partial charge on any atom is -0.456 e. The number of rotatable bonds is 5. The summed E-state index contributed by atoms with van der Waals surface area (Å²) in [6.45, 7) is 1.56. The first kappa shape index (κ1) is 23.3. The molecule has 3 aromatic carbocycles. The highest BCUT2D eigenvalue weighted by Gasteiger charge is 2.64. The molecule has 3 aliphatic rings. The van der Waals surface area contributed by atoms with Gasteiger partial charge < -0.3 is 4.74 Å². The van der Waals surface area contributed by atoms with Crippen LogP contribution >= 0.6 is 23.2 Å². The highest BCUT2D eigenvalue weighted by Crippen LogP contribution is 2.62. The van der Waals surface area contributed by atoms with Crippen LogP contribution in [0.3, 0.4) is 0 Å². The van der Waals surface area contributed by atoms with E-state index in [1.54, 1.807) is 49.4 Å². The minimum atomic E-state index is -0.294. The van der Waals surface area contributed by atoms with Crippen molar-refractivity contribution in [1.29, 1.82) is 0 Å². The summed E-state index contributed by atoms with van der Waals surface area (Å²) in [6, 6.07) is 19.6. The summed E-state index contributed by atoms with van der Waals surface area (Å²) in [4.78, 5) is 40.0. The van der Waals surface area contributed by atoms with Gasteiger partial charge in [0.1, 0.15) is 11.5 Å². The van der Waals surface area contributed by atoms with E-state index in [0.717, 1.165) is 18.4 Å². The van der Waals surface area contributed by atoms with Gasteiger partial charge in [0.05, 0.1) is 22.5 Å². The van der Waals surface area contributed by atoms with Gasteiger partial charge in [0.2, 0.25) is 11.8 Å². The maximum atomic E-state index is 13.6.